The molecule has 0 bridgehead atoms. The highest BCUT2D eigenvalue weighted by molar-refractivity contribution is 5.96. The first kappa shape index (κ1) is 27.2. The van der Waals surface area contributed by atoms with Crippen molar-refractivity contribution in [2.75, 3.05) is 26.8 Å². The third-order valence-corrected chi connectivity index (χ3v) is 7.38. The Bertz CT molecular complexity index is 1040. The van der Waals surface area contributed by atoms with Gasteiger partial charge >= 0.3 is 0 Å². The highest BCUT2D eigenvalue weighted by Gasteiger charge is 2.51. The number of aliphatic hydroxyl groups excluding tert-OH is 3. The van der Waals surface area contributed by atoms with Crippen molar-refractivity contribution in [3.8, 4) is 11.5 Å². The molecule has 4 atom stereocenters. The van der Waals surface area contributed by atoms with E-state index >= 15 is 0 Å². The zero-order valence-electron chi connectivity index (χ0n) is 21.4. The lowest BCUT2D eigenvalue weighted by Crippen LogP contribution is -2.56. The molecule has 1 saturated carbocycles. The summed E-state index contributed by atoms with van der Waals surface area (Å²) in [6, 6.07) is 2.69. The van der Waals surface area contributed by atoms with Gasteiger partial charge in [0.1, 0.15) is 12.2 Å². The molecule has 0 aromatic heterocycles. The fourth-order valence-electron chi connectivity index (χ4n) is 5.30. The molecule has 4 rings (SSSR count). The number of unbranched alkanes of at least 4 members (excludes halogenated alkanes) is 2. The normalized spacial score (nSPS) is 23.8. The minimum Gasteiger partial charge on any atom is -0.493 e. The van der Waals surface area contributed by atoms with Gasteiger partial charge in [-0.25, -0.2) is 0 Å². The standard InChI is InChI=1S/C28H38N2O7/c1-3-4-5-6-7-23(33)30(15-17-8-9-17)21-14-20(28(35)29-10-11-31)24-19-12-18(16-32)13-22(36-2)26(19)37-27(24)25(21)34/h3,12-14,17,21,24-25,27,31-32,34H,1,4-11,15-16H2,2H3,(H,29,35)/t21-,24+,25+,27+/m1/s1. The topological polar surface area (TPSA) is 129 Å². The fourth-order valence-corrected chi connectivity index (χ4v) is 5.30. The van der Waals surface area contributed by atoms with E-state index in [1.807, 2.05) is 6.08 Å². The smallest absolute Gasteiger partial charge is 0.247 e. The van der Waals surface area contributed by atoms with Gasteiger partial charge in [0.05, 0.1) is 32.3 Å². The van der Waals surface area contributed by atoms with Crippen molar-refractivity contribution in [3.05, 3.63) is 47.6 Å². The summed E-state index contributed by atoms with van der Waals surface area (Å²) < 4.78 is 11.7. The highest BCUT2D eigenvalue weighted by Crippen LogP contribution is 2.51. The summed E-state index contributed by atoms with van der Waals surface area (Å²) in [5, 5.41) is 33.4. The van der Waals surface area contributed by atoms with E-state index in [1.54, 1.807) is 23.1 Å². The van der Waals surface area contributed by atoms with Crippen LogP contribution in [0.2, 0.25) is 0 Å². The van der Waals surface area contributed by atoms with Crippen LogP contribution in [0.25, 0.3) is 0 Å². The van der Waals surface area contributed by atoms with Gasteiger partial charge in [0.2, 0.25) is 11.8 Å². The number of carbonyl (C=O) groups is 2. The molecular weight excluding hydrogens is 476 g/mol. The summed E-state index contributed by atoms with van der Waals surface area (Å²) in [6.07, 6.45) is 6.47. The third-order valence-electron chi connectivity index (χ3n) is 7.38. The van der Waals surface area contributed by atoms with Crippen LogP contribution in [0.1, 0.15) is 55.6 Å². The molecule has 1 fully saturated rings. The van der Waals surface area contributed by atoms with Crippen LogP contribution in [0, 0.1) is 5.92 Å². The van der Waals surface area contributed by atoms with E-state index in [-0.39, 0.29) is 25.7 Å². The second kappa shape index (κ2) is 12.1. The molecule has 0 spiro atoms. The summed E-state index contributed by atoms with van der Waals surface area (Å²) in [6.45, 7) is 3.89. The van der Waals surface area contributed by atoms with Crippen molar-refractivity contribution >= 4 is 11.8 Å². The number of allylic oxidation sites excluding steroid dienone is 1. The summed E-state index contributed by atoms with van der Waals surface area (Å²) in [4.78, 5) is 28.4. The lowest BCUT2D eigenvalue weighted by Gasteiger charge is -2.41. The number of methoxy groups -OCH3 is 1. The van der Waals surface area contributed by atoms with E-state index in [1.165, 1.54) is 7.11 Å². The van der Waals surface area contributed by atoms with Gasteiger partial charge in [-0.2, -0.15) is 0 Å². The first-order chi connectivity index (χ1) is 17.9. The maximum absolute atomic E-state index is 13.4. The van der Waals surface area contributed by atoms with Crippen LogP contribution >= 0.6 is 0 Å². The number of rotatable bonds is 13. The van der Waals surface area contributed by atoms with Gasteiger partial charge in [0, 0.05) is 30.6 Å². The van der Waals surface area contributed by atoms with Crippen LogP contribution < -0.4 is 14.8 Å². The van der Waals surface area contributed by atoms with Gasteiger partial charge in [-0.1, -0.05) is 6.08 Å². The summed E-state index contributed by atoms with van der Waals surface area (Å²) >= 11 is 0. The Kier molecular flexibility index (Phi) is 8.89. The number of nitrogens with one attached hydrogen (secondary N) is 1. The number of aliphatic hydroxyl groups is 3. The molecule has 1 heterocycles. The number of carbonyl (C=O) groups excluding carboxylic acids is 2. The molecule has 9 nitrogen and oxygen atoms in total. The van der Waals surface area contributed by atoms with Gasteiger partial charge < -0.3 is 35.0 Å². The van der Waals surface area contributed by atoms with E-state index in [0.29, 0.717) is 47.1 Å². The quantitative estimate of drug-likeness (QED) is 0.233. The zero-order chi connectivity index (χ0) is 26.5. The van der Waals surface area contributed by atoms with Crippen LogP contribution in [-0.4, -0.2) is 77.1 Å². The third kappa shape index (κ3) is 5.84. The highest BCUT2D eigenvalue weighted by atomic mass is 16.5. The number of hydrogen-bond acceptors (Lipinski definition) is 7. The summed E-state index contributed by atoms with van der Waals surface area (Å²) in [5.41, 5.74) is 1.60. The van der Waals surface area contributed by atoms with Crippen LogP contribution in [0.3, 0.4) is 0 Å². The number of benzene rings is 1. The Morgan fingerprint density at radius 2 is 2.05 bits per heavy atom. The number of ether oxygens (including phenoxy) is 2. The minimum atomic E-state index is -1.08. The first-order valence-corrected chi connectivity index (χ1v) is 13.1. The van der Waals surface area contributed by atoms with Crippen LogP contribution in [-0.2, 0) is 16.2 Å². The van der Waals surface area contributed by atoms with Crippen molar-refractivity contribution in [2.24, 2.45) is 5.92 Å². The minimum absolute atomic E-state index is 0.0551. The number of fused-ring (bicyclic) bond motifs is 3. The van der Waals surface area contributed by atoms with E-state index in [4.69, 9.17) is 9.47 Å². The predicted octanol–water partition coefficient (Wildman–Crippen LogP) is 1.80. The molecule has 0 unspecified atom stereocenters. The average molecular weight is 515 g/mol. The van der Waals surface area contributed by atoms with Crippen LogP contribution in [0.4, 0.5) is 0 Å². The Labute approximate surface area is 217 Å². The summed E-state index contributed by atoms with van der Waals surface area (Å²) in [7, 11) is 1.49. The monoisotopic (exact) mass is 514 g/mol. The molecule has 1 aromatic carbocycles. The molecule has 0 radical (unpaired) electrons. The van der Waals surface area contributed by atoms with Crippen molar-refractivity contribution in [2.45, 2.75) is 69.3 Å². The zero-order valence-corrected chi connectivity index (χ0v) is 21.4. The Morgan fingerprint density at radius 1 is 1.27 bits per heavy atom. The molecule has 1 aromatic rings. The molecular formula is C28H38N2O7. The van der Waals surface area contributed by atoms with Gasteiger partial charge in [-0.15, -0.1) is 6.58 Å². The van der Waals surface area contributed by atoms with Crippen LogP contribution in [0.15, 0.2) is 36.4 Å². The molecule has 202 valence electrons. The van der Waals surface area contributed by atoms with Crippen molar-refractivity contribution in [1.29, 1.82) is 0 Å². The summed E-state index contributed by atoms with van der Waals surface area (Å²) in [5.74, 6) is 0.139. The molecule has 2 amide bonds. The van der Waals surface area contributed by atoms with Gasteiger partial charge in [0.25, 0.3) is 0 Å². The Balaban J connectivity index is 1.71. The van der Waals surface area contributed by atoms with E-state index in [0.717, 1.165) is 32.1 Å². The second-order valence-corrected chi connectivity index (χ2v) is 10.0. The van der Waals surface area contributed by atoms with E-state index in [2.05, 4.69) is 11.9 Å². The molecule has 0 saturated heterocycles. The Hall–Kier alpha value is -2.88. The SMILES string of the molecule is C=CCCCCC(=O)N(CC1CC1)[C@@H]1C=C(C(=O)NCCO)[C@@H]2c3cc(CO)cc(OC)c3O[C@@H]2[C@H]1O. The van der Waals surface area contributed by atoms with Gasteiger partial charge in [-0.05, 0) is 61.8 Å². The lowest BCUT2D eigenvalue weighted by atomic mass is 9.77. The van der Waals surface area contributed by atoms with Gasteiger partial charge in [0.15, 0.2) is 11.5 Å². The van der Waals surface area contributed by atoms with Gasteiger partial charge in [-0.3, -0.25) is 9.59 Å². The number of nitrogens with zero attached hydrogens (tertiary/aromatic N) is 1. The molecule has 2 aliphatic carbocycles. The Morgan fingerprint density at radius 3 is 2.70 bits per heavy atom. The molecule has 3 aliphatic rings. The van der Waals surface area contributed by atoms with Crippen LogP contribution in [0.5, 0.6) is 11.5 Å². The molecule has 4 N–H and O–H groups in total. The molecule has 1 aliphatic heterocycles. The largest absolute Gasteiger partial charge is 0.493 e. The lowest BCUT2D eigenvalue weighted by molar-refractivity contribution is -0.137. The predicted molar refractivity (Wildman–Crippen MR) is 137 cm³/mol. The van der Waals surface area contributed by atoms with Crippen molar-refractivity contribution in [3.63, 3.8) is 0 Å². The van der Waals surface area contributed by atoms with E-state index in [9.17, 15) is 24.9 Å². The second-order valence-electron chi connectivity index (χ2n) is 10.0. The van der Waals surface area contributed by atoms with Crippen molar-refractivity contribution in [1.82, 2.24) is 10.2 Å². The molecule has 37 heavy (non-hydrogen) atoms. The fraction of sp³-hybridized carbons (Fsp3) is 0.571. The number of amides is 2. The average Bonchev–Trinajstić information content (AvgIpc) is 3.65. The number of hydrogen-bond donors (Lipinski definition) is 4. The molecule has 9 heteroatoms. The first-order valence-electron chi connectivity index (χ1n) is 13.1. The maximum atomic E-state index is 13.4. The maximum Gasteiger partial charge on any atom is 0.247 e. The van der Waals surface area contributed by atoms with E-state index < -0.39 is 30.1 Å². The van der Waals surface area contributed by atoms with Crippen molar-refractivity contribution < 1.29 is 34.4 Å².